The quantitative estimate of drug-likeness (QED) is 0.238. The molecule has 0 amide bonds. The van der Waals surface area contributed by atoms with Gasteiger partial charge in [-0.1, -0.05) is 36.4 Å². The van der Waals surface area contributed by atoms with Crippen LogP contribution in [0, 0.1) is 22.7 Å². The average molecular weight is 551 g/mol. The molecule has 1 aliphatic heterocycles. The largest absolute Gasteiger partial charge is 0.465 e. The van der Waals surface area contributed by atoms with Gasteiger partial charge in [0.2, 0.25) is 0 Å². The van der Waals surface area contributed by atoms with Crippen molar-refractivity contribution in [2.45, 2.75) is 26.7 Å². The van der Waals surface area contributed by atoms with Gasteiger partial charge in [-0.25, -0.2) is 9.59 Å². The topological polar surface area (TPSA) is 136 Å². The van der Waals surface area contributed by atoms with E-state index in [-0.39, 0.29) is 30.6 Å². The molecule has 1 aliphatic rings. The van der Waals surface area contributed by atoms with Gasteiger partial charge >= 0.3 is 17.9 Å². The third-order valence-corrected chi connectivity index (χ3v) is 6.30. The summed E-state index contributed by atoms with van der Waals surface area (Å²) in [7, 11) is 0. The number of ether oxygens (including phenoxy) is 4. The number of fused-ring (bicyclic) bond motifs is 2. The molecule has 0 bridgehead atoms. The van der Waals surface area contributed by atoms with E-state index in [4.69, 9.17) is 18.9 Å². The van der Waals surface area contributed by atoms with Crippen LogP contribution < -0.4 is 15.2 Å². The molecule has 0 saturated carbocycles. The van der Waals surface area contributed by atoms with Gasteiger partial charge in [0, 0.05) is 21.6 Å². The van der Waals surface area contributed by atoms with E-state index < -0.39 is 23.8 Å². The fraction of sp³-hybridized carbons (Fsp3) is 0.219. The maximum absolute atomic E-state index is 12.9. The van der Waals surface area contributed by atoms with Crippen LogP contribution in [0.1, 0.15) is 53.7 Å². The summed E-state index contributed by atoms with van der Waals surface area (Å²) in [5, 5.41) is 20.3. The van der Waals surface area contributed by atoms with Gasteiger partial charge in [0.1, 0.15) is 23.1 Å². The van der Waals surface area contributed by atoms with E-state index in [1.165, 1.54) is 0 Å². The maximum atomic E-state index is 12.9. The molecule has 3 aromatic rings. The van der Waals surface area contributed by atoms with Crippen LogP contribution in [0.25, 0.3) is 11.1 Å². The number of benzene rings is 3. The van der Waals surface area contributed by atoms with Crippen molar-refractivity contribution in [1.82, 2.24) is 0 Å². The lowest BCUT2D eigenvalue weighted by atomic mass is 9.88. The molecule has 0 fully saturated rings. The second-order valence-electron chi connectivity index (χ2n) is 8.73. The predicted octanol–water partition coefficient (Wildman–Crippen LogP) is 3.62. The minimum atomic E-state index is -1.19. The van der Waals surface area contributed by atoms with Crippen LogP contribution in [0.15, 0.2) is 60.7 Å². The Bertz CT molecular complexity index is 1740. The number of carbonyl (C=O) groups excluding carboxylic acids is 3. The normalized spacial score (nSPS) is 12.8. The Kier molecular flexibility index (Phi) is 8.81. The molecule has 1 heterocycles. The third kappa shape index (κ3) is 5.66. The van der Waals surface area contributed by atoms with Gasteiger partial charge in [-0.3, -0.25) is 4.79 Å². The molecule has 4 rings (SSSR count). The minimum Gasteiger partial charge on any atom is -0.465 e. The third-order valence-electron chi connectivity index (χ3n) is 6.30. The summed E-state index contributed by atoms with van der Waals surface area (Å²) in [6.45, 7) is 5.43. The van der Waals surface area contributed by atoms with E-state index in [2.05, 4.69) is 0 Å². The fourth-order valence-electron chi connectivity index (χ4n) is 4.54. The minimum absolute atomic E-state index is 0.102. The molecule has 0 aromatic heterocycles. The molecule has 0 radical (unpaired) electrons. The number of esters is 3. The molecule has 9 nitrogen and oxygen atoms in total. The van der Waals surface area contributed by atoms with Crippen LogP contribution in [0.2, 0.25) is 0 Å². The standard InChI is InChI=1S/C32H26N2O7/c1-4-38-30(35)22-10-8-7-9-21(22)29-23-13-11-19(25(17-33)31(36)39-5-2)15-27(23)41-28-16-20(12-14-24(28)29)26(18-34)32(37)40-6-3/h7-16,25H,4-6H2,1-3H3. The molecule has 1 unspecified atom stereocenters. The van der Waals surface area contributed by atoms with Crippen LogP contribution in [0.5, 0.6) is 11.5 Å². The molecule has 206 valence electrons. The van der Waals surface area contributed by atoms with Crippen molar-refractivity contribution in [3.63, 3.8) is 0 Å². The number of nitrogens with zero attached hydrogens (tertiary/aromatic N) is 2. The lowest BCUT2D eigenvalue weighted by Gasteiger charge is -2.23. The first-order valence-corrected chi connectivity index (χ1v) is 13.0. The van der Waals surface area contributed by atoms with E-state index in [0.717, 1.165) is 0 Å². The van der Waals surface area contributed by atoms with Crippen LogP contribution in [-0.2, 0) is 23.8 Å². The Hall–Kier alpha value is -5.41. The van der Waals surface area contributed by atoms with Gasteiger partial charge < -0.3 is 18.9 Å². The van der Waals surface area contributed by atoms with Crippen LogP contribution >= 0.6 is 0 Å². The number of hydrogen-bond donors (Lipinski definition) is 0. The lowest BCUT2D eigenvalue weighted by molar-refractivity contribution is -0.143. The van der Waals surface area contributed by atoms with Crippen LogP contribution in [-0.4, -0.2) is 37.7 Å². The summed E-state index contributed by atoms with van der Waals surface area (Å²) >= 11 is 0. The Morgan fingerprint density at radius 3 is 2.24 bits per heavy atom. The molecule has 9 heteroatoms. The second kappa shape index (κ2) is 12.6. The van der Waals surface area contributed by atoms with Gasteiger partial charge in [-0.2, -0.15) is 10.5 Å². The van der Waals surface area contributed by atoms with Crippen LogP contribution in [0.4, 0.5) is 0 Å². The Balaban J connectivity index is 2.03. The van der Waals surface area contributed by atoms with Gasteiger partial charge in [-0.05, 0) is 56.2 Å². The number of carbonyl (C=O) groups is 3. The summed E-state index contributed by atoms with van der Waals surface area (Å²) in [4.78, 5) is 37.8. The fourth-order valence-corrected chi connectivity index (χ4v) is 4.54. The van der Waals surface area contributed by atoms with Crippen molar-refractivity contribution in [3.05, 3.63) is 93.4 Å². The molecule has 1 atom stereocenters. The van der Waals surface area contributed by atoms with Gasteiger partial charge in [-0.15, -0.1) is 0 Å². The molecular formula is C32H26N2O7. The summed E-state index contributed by atoms with van der Waals surface area (Å²) in [6, 6.07) is 20.6. The zero-order chi connectivity index (χ0) is 29.5. The Morgan fingerprint density at radius 2 is 1.56 bits per heavy atom. The highest BCUT2D eigenvalue weighted by Gasteiger charge is 2.28. The van der Waals surface area contributed by atoms with Gasteiger partial charge in [0.15, 0.2) is 5.92 Å². The summed E-state index contributed by atoms with van der Waals surface area (Å²) < 4.78 is 21.7. The zero-order valence-corrected chi connectivity index (χ0v) is 22.7. The molecule has 0 aliphatic carbocycles. The van der Waals surface area contributed by atoms with Crippen LogP contribution in [0.3, 0.4) is 0 Å². The highest BCUT2D eigenvalue weighted by Crippen LogP contribution is 2.39. The number of rotatable bonds is 8. The highest BCUT2D eigenvalue weighted by molar-refractivity contribution is 6.15. The number of nitriles is 2. The summed E-state index contributed by atoms with van der Waals surface area (Å²) in [5.41, 5.74) is 2.28. The van der Waals surface area contributed by atoms with E-state index in [1.807, 2.05) is 12.1 Å². The first-order chi connectivity index (χ1) is 19.9. The number of hydrogen-bond acceptors (Lipinski definition) is 9. The van der Waals surface area contributed by atoms with E-state index in [9.17, 15) is 24.9 Å². The molecule has 0 N–H and O–H groups in total. The Labute approximate surface area is 236 Å². The lowest BCUT2D eigenvalue weighted by Crippen LogP contribution is -2.23. The highest BCUT2D eigenvalue weighted by atomic mass is 16.5. The first-order valence-electron chi connectivity index (χ1n) is 13.0. The van der Waals surface area contributed by atoms with Crippen molar-refractivity contribution < 1.29 is 33.3 Å². The smallest absolute Gasteiger partial charge is 0.349 e. The van der Waals surface area contributed by atoms with Crippen molar-refractivity contribution in [2.75, 3.05) is 19.8 Å². The molecule has 3 aromatic carbocycles. The second-order valence-corrected chi connectivity index (χ2v) is 8.73. The molecule has 41 heavy (non-hydrogen) atoms. The van der Waals surface area contributed by atoms with E-state index in [1.54, 1.807) is 81.4 Å². The zero-order valence-electron chi connectivity index (χ0n) is 22.7. The summed E-state index contributed by atoms with van der Waals surface area (Å²) in [5.74, 6) is -2.55. The van der Waals surface area contributed by atoms with Crippen molar-refractivity contribution in [2.24, 2.45) is 0 Å². The van der Waals surface area contributed by atoms with E-state index in [0.29, 0.717) is 44.5 Å². The van der Waals surface area contributed by atoms with Gasteiger partial charge in [0.25, 0.3) is 0 Å². The maximum Gasteiger partial charge on any atom is 0.349 e. The van der Waals surface area contributed by atoms with Crippen molar-refractivity contribution in [1.29, 1.82) is 10.5 Å². The first kappa shape index (κ1) is 28.6. The Morgan fingerprint density at radius 1 is 0.829 bits per heavy atom. The average Bonchev–Trinajstić information content (AvgIpc) is 2.97. The van der Waals surface area contributed by atoms with Gasteiger partial charge in [0.05, 0.1) is 31.5 Å². The monoisotopic (exact) mass is 550 g/mol. The molecular weight excluding hydrogens is 524 g/mol. The predicted molar refractivity (Wildman–Crippen MR) is 147 cm³/mol. The van der Waals surface area contributed by atoms with Crippen molar-refractivity contribution >= 4 is 29.1 Å². The molecule has 0 saturated heterocycles. The van der Waals surface area contributed by atoms with E-state index >= 15 is 0 Å². The SMILES string of the molecule is CCOC(=O)C(C#N)=c1ccc2c(c1)Oc1cc(C(C#N)C(=O)OCC)ccc1C=2c1ccccc1C(=O)OCC. The summed E-state index contributed by atoms with van der Waals surface area (Å²) in [6.07, 6.45) is 0. The van der Waals surface area contributed by atoms with Crippen molar-refractivity contribution in [3.8, 4) is 23.6 Å². The molecule has 0 spiro atoms.